The Morgan fingerprint density at radius 3 is 2.62 bits per heavy atom. The number of carbonyl (C=O) groups is 3. The highest BCUT2D eigenvalue weighted by atomic mass is 16.5. The monoisotopic (exact) mass is 370 g/mol. The predicted octanol–water partition coefficient (Wildman–Crippen LogP) is -1.13. The number of anilines is 2. The third kappa shape index (κ3) is 7.61. The maximum atomic E-state index is 11.7. The lowest BCUT2D eigenvalue weighted by Gasteiger charge is -2.23. The van der Waals surface area contributed by atoms with E-state index in [2.05, 4.69) is 15.3 Å². The Kier molecular flexibility index (Phi) is 8.57. The minimum Gasteiger partial charge on any atom is -0.481 e. The molecule has 26 heavy (non-hydrogen) atoms. The number of alkyl carbamates (subject to hydrolysis) is 1. The number of nitrogens with one attached hydrogen (secondary N) is 1. The molecule has 1 rings (SSSR count). The Morgan fingerprint density at radius 1 is 1.31 bits per heavy atom. The topological polar surface area (TPSA) is 194 Å². The van der Waals surface area contributed by atoms with Gasteiger partial charge in [-0.15, -0.1) is 0 Å². The molecule has 1 heterocycles. The van der Waals surface area contributed by atoms with Crippen LogP contribution in [-0.4, -0.2) is 70.5 Å². The summed E-state index contributed by atoms with van der Waals surface area (Å²) in [6, 6.07) is 0.277. The molecular formula is C14H22N6O6. The number of aliphatic carboxylic acids is 2. The maximum Gasteiger partial charge on any atom is 0.407 e. The first kappa shape index (κ1) is 20.9. The van der Waals surface area contributed by atoms with Gasteiger partial charge in [0, 0.05) is 25.7 Å². The van der Waals surface area contributed by atoms with Gasteiger partial charge in [0.2, 0.25) is 5.95 Å². The van der Waals surface area contributed by atoms with Crippen LogP contribution in [0, 0.1) is 0 Å². The van der Waals surface area contributed by atoms with E-state index in [1.54, 1.807) is 11.0 Å². The summed E-state index contributed by atoms with van der Waals surface area (Å²) in [7, 11) is 0. The number of hydrogen-bond acceptors (Lipinski definition) is 9. The molecule has 7 N–H and O–H groups in total. The molecule has 0 aliphatic carbocycles. The van der Waals surface area contributed by atoms with Crippen molar-refractivity contribution in [3.63, 3.8) is 0 Å². The first-order valence-electron chi connectivity index (χ1n) is 7.75. The third-order valence-electron chi connectivity index (χ3n) is 3.21. The van der Waals surface area contributed by atoms with Crippen molar-refractivity contribution in [3.8, 4) is 0 Å². The van der Waals surface area contributed by atoms with Gasteiger partial charge in [-0.1, -0.05) is 0 Å². The van der Waals surface area contributed by atoms with Gasteiger partial charge in [-0.05, 0) is 12.5 Å². The summed E-state index contributed by atoms with van der Waals surface area (Å²) in [4.78, 5) is 42.8. The first-order chi connectivity index (χ1) is 12.3. The Bertz CT molecular complexity index is 628. The second kappa shape index (κ2) is 10.7. The lowest BCUT2D eigenvalue weighted by atomic mass is 10.1. The summed E-state index contributed by atoms with van der Waals surface area (Å²) in [6.07, 6.45) is -0.123. The molecule has 1 unspecified atom stereocenters. The molecular weight excluding hydrogens is 348 g/mol. The van der Waals surface area contributed by atoms with Gasteiger partial charge < -0.3 is 36.6 Å². The summed E-state index contributed by atoms with van der Waals surface area (Å²) in [5.74, 6) is -1.90. The smallest absolute Gasteiger partial charge is 0.407 e. The van der Waals surface area contributed by atoms with Crippen LogP contribution in [0.2, 0.25) is 0 Å². The highest BCUT2D eigenvalue weighted by molar-refractivity contribution is 5.80. The van der Waals surface area contributed by atoms with Crippen molar-refractivity contribution in [2.24, 2.45) is 5.73 Å². The number of carbonyl (C=O) groups excluding carboxylic acids is 1. The number of ether oxygens (including phenoxy) is 1. The molecule has 1 atom stereocenters. The number of nitrogen functional groups attached to an aromatic ring is 1. The van der Waals surface area contributed by atoms with E-state index in [0.29, 0.717) is 18.9 Å². The Balaban J connectivity index is 2.51. The van der Waals surface area contributed by atoms with Crippen molar-refractivity contribution in [3.05, 3.63) is 12.3 Å². The molecule has 0 saturated carbocycles. The maximum absolute atomic E-state index is 11.7. The SMILES string of the molecule is NCCN(CCOC(=O)NC(CCC(=O)O)C(=O)O)c1ccnc(N)n1. The van der Waals surface area contributed by atoms with Crippen LogP contribution in [0.5, 0.6) is 0 Å². The molecule has 0 spiro atoms. The fraction of sp³-hybridized carbons (Fsp3) is 0.500. The van der Waals surface area contributed by atoms with Gasteiger partial charge in [-0.2, -0.15) is 4.98 Å². The molecule has 0 bridgehead atoms. The summed E-state index contributed by atoms with van der Waals surface area (Å²) in [5.41, 5.74) is 11.1. The van der Waals surface area contributed by atoms with Gasteiger partial charge in [-0.3, -0.25) is 4.79 Å². The fourth-order valence-corrected chi connectivity index (χ4v) is 1.99. The van der Waals surface area contributed by atoms with Crippen molar-refractivity contribution in [1.29, 1.82) is 0 Å². The average Bonchev–Trinajstić information content (AvgIpc) is 2.57. The van der Waals surface area contributed by atoms with Crippen LogP contribution in [-0.2, 0) is 14.3 Å². The third-order valence-corrected chi connectivity index (χ3v) is 3.21. The van der Waals surface area contributed by atoms with Crippen LogP contribution in [0.25, 0.3) is 0 Å². The molecule has 144 valence electrons. The first-order valence-corrected chi connectivity index (χ1v) is 7.75. The van der Waals surface area contributed by atoms with Crippen LogP contribution in [0.1, 0.15) is 12.8 Å². The molecule has 12 heteroatoms. The second-order valence-electron chi connectivity index (χ2n) is 5.15. The summed E-state index contributed by atoms with van der Waals surface area (Å²) in [6.45, 7) is 0.930. The van der Waals surface area contributed by atoms with Gasteiger partial charge in [0.05, 0.1) is 6.54 Å². The Hall–Kier alpha value is -3.15. The van der Waals surface area contributed by atoms with Crippen LogP contribution in [0.3, 0.4) is 0 Å². The zero-order valence-corrected chi connectivity index (χ0v) is 14.0. The van der Waals surface area contributed by atoms with Crippen molar-refractivity contribution >= 4 is 29.8 Å². The van der Waals surface area contributed by atoms with Crippen LogP contribution in [0.4, 0.5) is 16.6 Å². The lowest BCUT2D eigenvalue weighted by Crippen LogP contribution is -2.42. The number of nitrogens with zero attached hydrogens (tertiary/aromatic N) is 3. The lowest BCUT2D eigenvalue weighted by molar-refractivity contribution is -0.140. The van der Waals surface area contributed by atoms with E-state index in [1.165, 1.54) is 6.20 Å². The van der Waals surface area contributed by atoms with E-state index < -0.39 is 30.5 Å². The number of hydrogen-bond donors (Lipinski definition) is 5. The van der Waals surface area contributed by atoms with E-state index in [4.69, 9.17) is 26.4 Å². The van der Waals surface area contributed by atoms with Gasteiger partial charge >= 0.3 is 18.0 Å². The standard InChI is InChI=1S/C14H22N6O6/c15-4-6-20(10-3-5-17-13(16)19-10)7-8-26-14(25)18-9(12(23)24)1-2-11(21)22/h3,5,9H,1-2,4,6-8,15H2,(H,18,25)(H,21,22)(H,23,24)(H2,16,17,19). The molecule has 1 amide bonds. The van der Waals surface area contributed by atoms with Crippen LogP contribution in [0.15, 0.2) is 12.3 Å². The molecule has 0 aliphatic rings. The van der Waals surface area contributed by atoms with E-state index >= 15 is 0 Å². The average molecular weight is 370 g/mol. The van der Waals surface area contributed by atoms with Crippen LogP contribution < -0.4 is 21.7 Å². The Morgan fingerprint density at radius 2 is 2.04 bits per heavy atom. The zero-order chi connectivity index (χ0) is 19.5. The molecule has 0 fully saturated rings. The molecule has 0 radical (unpaired) electrons. The number of carboxylic acid groups (broad SMARTS) is 2. The molecule has 12 nitrogen and oxygen atoms in total. The normalized spacial score (nSPS) is 11.4. The zero-order valence-electron chi connectivity index (χ0n) is 14.0. The summed E-state index contributed by atoms with van der Waals surface area (Å²) >= 11 is 0. The minimum absolute atomic E-state index is 0.0684. The van der Waals surface area contributed by atoms with Crippen molar-refractivity contribution in [1.82, 2.24) is 15.3 Å². The molecule has 0 saturated heterocycles. The number of rotatable bonds is 11. The summed E-state index contributed by atoms with van der Waals surface area (Å²) < 4.78 is 4.94. The highest BCUT2D eigenvalue weighted by Crippen LogP contribution is 2.10. The van der Waals surface area contributed by atoms with Gasteiger partial charge in [0.25, 0.3) is 0 Å². The summed E-state index contributed by atoms with van der Waals surface area (Å²) in [5, 5.41) is 19.7. The van der Waals surface area contributed by atoms with Crippen molar-refractivity contribution in [2.75, 3.05) is 36.9 Å². The number of amides is 1. The fourth-order valence-electron chi connectivity index (χ4n) is 1.99. The molecule has 1 aromatic rings. The van der Waals surface area contributed by atoms with Gasteiger partial charge in [-0.25, -0.2) is 14.6 Å². The molecule has 0 aromatic carbocycles. The van der Waals surface area contributed by atoms with Gasteiger partial charge in [0.1, 0.15) is 18.5 Å². The molecule has 0 aliphatic heterocycles. The quantitative estimate of drug-likeness (QED) is 0.316. The predicted molar refractivity (Wildman–Crippen MR) is 90.5 cm³/mol. The van der Waals surface area contributed by atoms with E-state index in [0.717, 1.165) is 0 Å². The van der Waals surface area contributed by atoms with Gasteiger partial charge in [0.15, 0.2) is 0 Å². The number of aromatic nitrogens is 2. The highest BCUT2D eigenvalue weighted by Gasteiger charge is 2.21. The Labute approximate surface area is 149 Å². The number of carboxylic acids is 2. The van der Waals surface area contributed by atoms with Crippen molar-refractivity contribution < 1.29 is 29.3 Å². The number of nitrogens with two attached hydrogens (primary N) is 2. The molecule has 1 aromatic heterocycles. The van der Waals surface area contributed by atoms with E-state index in [1.807, 2.05) is 0 Å². The van der Waals surface area contributed by atoms with Crippen molar-refractivity contribution in [2.45, 2.75) is 18.9 Å². The second-order valence-corrected chi connectivity index (χ2v) is 5.15. The largest absolute Gasteiger partial charge is 0.481 e. The van der Waals surface area contributed by atoms with E-state index in [-0.39, 0.29) is 25.5 Å². The van der Waals surface area contributed by atoms with Crippen LogP contribution >= 0.6 is 0 Å². The minimum atomic E-state index is -1.35. The van der Waals surface area contributed by atoms with E-state index in [9.17, 15) is 14.4 Å².